The molecule has 0 aliphatic rings. The Balaban J connectivity index is 1.58. The fourth-order valence-electron chi connectivity index (χ4n) is 2.78. The fourth-order valence-corrected chi connectivity index (χ4v) is 2.90. The third kappa shape index (κ3) is 5.59. The molecule has 0 saturated carbocycles. The summed E-state index contributed by atoms with van der Waals surface area (Å²) < 4.78 is 5.40. The molecule has 0 radical (unpaired) electrons. The molecule has 27 heavy (non-hydrogen) atoms. The predicted octanol–water partition coefficient (Wildman–Crippen LogP) is 4.71. The summed E-state index contributed by atoms with van der Waals surface area (Å²) in [7, 11) is 1.69. The van der Waals surface area contributed by atoms with Crippen LogP contribution in [0.25, 0.3) is 0 Å². The van der Waals surface area contributed by atoms with Gasteiger partial charge in [0.15, 0.2) is 0 Å². The molecular formula is C21H23ClN4O. The van der Waals surface area contributed by atoms with Crippen molar-refractivity contribution in [2.45, 2.75) is 19.9 Å². The minimum absolute atomic E-state index is 0.675. The van der Waals surface area contributed by atoms with Gasteiger partial charge in [0, 0.05) is 24.2 Å². The molecule has 0 aliphatic heterocycles. The Labute approximate surface area is 164 Å². The number of methoxy groups -OCH3 is 1. The molecule has 0 aliphatic carbocycles. The third-order valence-electron chi connectivity index (χ3n) is 4.12. The summed E-state index contributed by atoms with van der Waals surface area (Å²) in [5.74, 6) is 3.22. The normalized spacial score (nSPS) is 10.5. The Bertz CT molecular complexity index is 884. The second-order valence-electron chi connectivity index (χ2n) is 6.15. The van der Waals surface area contributed by atoms with E-state index in [2.05, 4.69) is 26.7 Å². The van der Waals surface area contributed by atoms with Gasteiger partial charge in [-0.25, -0.2) is 9.97 Å². The Morgan fingerprint density at radius 2 is 1.67 bits per heavy atom. The summed E-state index contributed by atoms with van der Waals surface area (Å²) >= 11 is 5.93. The lowest BCUT2D eigenvalue weighted by atomic mass is 10.1. The van der Waals surface area contributed by atoms with Crippen molar-refractivity contribution < 1.29 is 4.74 Å². The zero-order valence-corrected chi connectivity index (χ0v) is 16.3. The molecule has 0 saturated heterocycles. The molecule has 3 rings (SSSR count). The van der Waals surface area contributed by atoms with Crippen molar-refractivity contribution in [3.63, 3.8) is 0 Å². The van der Waals surface area contributed by atoms with E-state index in [1.54, 1.807) is 7.11 Å². The van der Waals surface area contributed by atoms with Crippen LogP contribution in [-0.2, 0) is 13.0 Å². The number of rotatable bonds is 8. The molecule has 0 amide bonds. The molecule has 6 heteroatoms. The maximum absolute atomic E-state index is 5.93. The largest absolute Gasteiger partial charge is 0.496 e. The molecule has 0 atom stereocenters. The van der Waals surface area contributed by atoms with Crippen LogP contribution in [0.2, 0.25) is 5.02 Å². The highest BCUT2D eigenvalue weighted by Gasteiger charge is 2.04. The van der Waals surface area contributed by atoms with Gasteiger partial charge in [0.2, 0.25) is 0 Å². The maximum atomic E-state index is 5.93. The van der Waals surface area contributed by atoms with Gasteiger partial charge in [-0.2, -0.15) is 0 Å². The number of hydrogen-bond donors (Lipinski definition) is 2. The van der Waals surface area contributed by atoms with Gasteiger partial charge >= 0.3 is 0 Å². The van der Waals surface area contributed by atoms with Gasteiger partial charge in [-0.1, -0.05) is 41.9 Å². The van der Waals surface area contributed by atoms with Crippen LogP contribution in [0.15, 0.2) is 54.6 Å². The first-order valence-corrected chi connectivity index (χ1v) is 9.21. The molecule has 0 fully saturated rings. The molecule has 5 nitrogen and oxygen atoms in total. The van der Waals surface area contributed by atoms with Gasteiger partial charge in [0.1, 0.15) is 23.2 Å². The van der Waals surface area contributed by atoms with Crippen molar-refractivity contribution in [2.24, 2.45) is 0 Å². The maximum Gasteiger partial charge on any atom is 0.132 e. The monoisotopic (exact) mass is 382 g/mol. The van der Waals surface area contributed by atoms with E-state index in [0.29, 0.717) is 6.54 Å². The SMILES string of the molecule is COc1ccccc1CCNc1cc(NCc2ccc(Cl)cc2)nc(C)n1. The van der Waals surface area contributed by atoms with Crippen molar-refractivity contribution in [1.29, 1.82) is 0 Å². The van der Waals surface area contributed by atoms with E-state index in [9.17, 15) is 0 Å². The lowest BCUT2D eigenvalue weighted by molar-refractivity contribution is 0.410. The Kier molecular flexibility index (Phi) is 6.49. The summed E-state index contributed by atoms with van der Waals surface area (Å²) in [6, 6.07) is 17.7. The highest BCUT2D eigenvalue weighted by molar-refractivity contribution is 6.30. The smallest absolute Gasteiger partial charge is 0.132 e. The molecule has 1 aromatic heterocycles. The van der Waals surface area contributed by atoms with E-state index in [0.717, 1.165) is 46.8 Å². The number of para-hydroxylation sites is 1. The summed E-state index contributed by atoms with van der Waals surface area (Å²) in [6.07, 6.45) is 0.848. The Morgan fingerprint density at radius 1 is 0.963 bits per heavy atom. The van der Waals surface area contributed by atoms with Crippen LogP contribution in [0.3, 0.4) is 0 Å². The average molecular weight is 383 g/mol. The first kappa shape index (κ1) is 19.0. The van der Waals surface area contributed by atoms with Crippen LogP contribution in [0.1, 0.15) is 17.0 Å². The molecule has 1 heterocycles. The molecule has 0 bridgehead atoms. The van der Waals surface area contributed by atoms with E-state index in [1.807, 2.05) is 55.5 Å². The summed E-state index contributed by atoms with van der Waals surface area (Å²) in [5.41, 5.74) is 2.31. The fraction of sp³-hybridized carbons (Fsp3) is 0.238. The van der Waals surface area contributed by atoms with E-state index in [1.165, 1.54) is 5.56 Å². The number of aromatic nitrogens is 2. The number of benzene rings is 2. The lowest BCUT2D eigenvalue weighted by Crippen LogP contribution is -2.10. The first-order chi connectivity index (χ1) is 13.1. The molecule has 140 valence electrons. The Morgan fingerprint density at radius 3 is 2.41 bits per heavy atom. The van der Waals surface area contributed by atoms with Crippen LogP contribution in [-0.4, -0.2) is 23.6 Å². The predicted molar refractivity (Wildman–Crippen MR) is 111 cm³/mol. The van der Waals surface area contributed by atoms with Gasteiger partial charge in [-0.15, -0.1) is 0 Å². The third-order valence-corrected chi connectivity index (χ3v) is 4.37. The van der Waals surface area contributed by atoms with Crippen LogP contribution < -0.4 is 15.4 Å². The van der Waals surface area contributed by atoms with Crippen molar-refractivity contribution in [3.8, 4) is 5.75 Å². The zero-order chi connectivity index (χ0) is 19.1. The summed E-state index contributed by atoms with van der Waals surface area (Å²) in [6.45, 7) is 3.32. The van der Waals surface area contributed by atoms with Gasteiger partial charge in [0.25, 0.3) is 0 Å². The first-order valence-electron chi connectivity index (χ1n) is 8.84. The second kappa shape index (κ2) is 9.24. The van der Waals surface area contributed by atoms with Gasteiger partial charge in [-0.3, -0.25) is 0 Å². The quantitative estimate of drug-likeness (QED) is 0.590. The van der Waals surface area contributed by atoms with E-state index >= 15 is 0 Å². The van der Waals surface area contributed by atoms with Crippen molar-refractivity contribution in [1.82, 2.24) is 9.97 Å². The Hall–Kier alpha value is -2.79. The van der Waals surface area contributed by atoms with E-state index in [-0.39, 0.29) is 0 Å². The molecular weight excluding hydrogens is 360 g/mol. The van der Waals surface area contributed by atoms with Crippen molar-refractivity contribution >= 4 is 23.2 Å². The summed E-state index contributed by atoms with van der Waals surface area (Å²) in [5, 5.41) is 7.44. The van der Waals surface area contributed by atoms with Crippen LogP contribution in [0, 0.1) is 6.92 Å². The molecule has 3 aromatic rings. The van der Waals surface area contributed by atoms with Crippen LogP contribution in [0.4, 0.5) is 11.6 Å². The lowest BCUT2D eigenvalue weighted by Gasteiger charge is -2.11. The van der Waals surface area contributed by atoms with Crippen LogP contribution in [0.5, 0.6) is 5.75 Å². The number of hydrogen-bond acceptors (Lipinski definition) is 5. The number of nitrogens with zero attached hydrogens (tertiary/aromatic N) is 2. The van der Waals surface area contributed by atoms with Gasteiger partial charge in [0.05, 0.1) is 7.11 Å². The minimum atomic E-state index is 0.675. The number of ether oxygens (including phenoxy) is 1. The van der Waals surface area contributed by atoms with Gasteiger partial charge < -0.3 is 15.4 Å². The number of aryl methyl sites for hydroxylation is 1. The topological polar surface area (TPSA) is 59.1 Å². The second-order valence-corrected chi connectivity index (χ2v) is 6.59. The number of halogens is 1. The highest BCUT2D eigenvalue weighted by Crippen LogP contribution is 2.18. The van der Waals surface area contributed by atoms with Crippen LogP contribution >= 0.6 is 11.6 Å². The van der Waals surface area contributed by atoms with E-state index < -0.39 is 0 Å². The minimum Gasteiger partial charge on any atom is -0.496 e. The van der Waals surface area contributed by atoms with Gasteiger partial charge in [-0.05, 0) is 42.7 Å². The highest BCUT2D eigenvalue weighted by atomic mass is 35.5. The standard InChI is InChI=1S/C21H23ClN4O/c1-15-25-20(23-12-11-17-5-3-4-6-19(17)27-2)13-21(26-15)24-14-16-7-9-18(22)10-8-16/h3-10,13H,11-12,14H2,1-2H3,(H2,23,24,25,26). The molecule has 2 N–H and O–H groups in total. The van der Waals surface area contributed by atoms with Crippen molar-refractivity contribution in [3.05, 3.63) is 76.6 Å². The number of anilines is 2. The number of nitrogens with one attached hydrogen (secondary N) is 2. The zero-order valence-electron chi connectivity index (χ0n) is 15.5. The average Bonchev–Trinajstić information content (AvgIpc) is 2.67. The van der Waals surface area contributed by atoms with Crippen molar-refractivity contribution in [2.75, 3.05) is 24.3 Å². The summed E-state index contributed by atoms with van der Waals surface area (Å²) in [4.78, 5) is 8.92. The molecule has 0 spiro atoms. The molecule has 0 unspecified atom stereocenters. The van der Waals surface area contributed by atoms with E-state index in [4.69, 9.17) is 16.3 Å². The molecule has 2 aromatic carbocycles.